The van der Waals surface area contributed by atoms with Crippen LogP contribution in [0.15, 0.2) is 67.1 Å². The summed E-state index contributed by atoms with van der Waals surface area (Å²) in [5, 5.41) is 11.3. The third-order valence-corrected chi connectivity index (χ3v) is 5.58. The normalized spacial score (nSPS) is 16.6. The van der Waals surface area contributed by atoms with Gasteiger partial charge in [0.05, 0.1) is 11.3 Å². The van der Waals surface area contributed by atoms with Crippen molar-refractivity contribution >= 4 is 17.2 Å². The molecule has 0 radical (unpaired) electrons. The standard InChI is InChI=1S/C23H21FN6O/c24-19-5-1-2-6-20(19)26-23(31)18-7-8-21-27-28-22(30(21)15-18)17-9-11-29(14-17)13-16-4-3-10-25-12-16/h1-8,10,12,15,17H,9,11,13-14H2,(H,26,31). The van der Waals surface area contributed by atoms with Gasteiger partial charge in [0.1, 0.15) is 11.6 Å². The molecule has 5 rings (SSSR count). The molecule has 4 heterocycles. The minimum Gasteiger partial charge on any atom is -0.319 e. The highest BCUT2D eigenvalue weighted by Crippen LogP contribution is 2.27. The van der Waals surface area contributed by atoms with E-state index in [0.29, 0.717) is 11.2 Å². The molecular formula is C23H21FN6O. The van der Waals surface area contributed by atoms with Crippen molar-refractivity contribution in [1.82, 2.24) is 24.5 Å². The molecule has 1 amide bonds. The van der Waals surface area contributed by atoms with Crippen molar-refractivity contribution in [2.45, 2.75) is 18.9 Å². The van der Waals surface area contributed by atoms with Crippen LogP contribution in [0.3, 0.4) is 0 Å². The minimum atomic E-state index is -0.471. The summed E-state index contributed by atoms with van der Waals surface area (Å²) < 4.78 is 15.8. The van der Waals surface area contributed by atoms with Crippen molar-refractivity contribution in [2.75, 3.05) is 18.4 Å². The van der Waals surface area contributed by atoms with E-state index in [1.807, 2.05) is 16.7 Å². The van der Waals surface area contributed by atoms with Gasteiger partial charge in [0.25, 0.3) is 5.91 Å². The molecule has 0 aliphatic carbocycles. The number of anilines is 1. The Balaban J connectivity index is 1.35. The fourth-order valence-electron chi connectivity index (χ4n) is 4.02. The SMILES string of the molecule is O=C(Nc1ccccc1F)c1ccc2nnc(C3CCN(Cc4cccnc4)C3)n2c1. The Kier molecular flexibility index (Phi) is 5.13. The van der Waals surface area contributed by atoms with E-state index >= 15 is 0 Å². The van der Waals surface area contributed by atoms with Gasteiger partial charge in [0.2, 0.25) is 0 Å². The van der Waals surface area contributed by atoms with Crippen LogP contribution in [-0.4, -0.2) is 43.5 Å². The zero-order chi connectivity index (χ0) is 21.2. The molecule has 1 fully saturated rings. The van der Waals surface area contributed by atoms with Crippen LogP contribution in [0.5, 0.6) is 0 Å². The van der Waals surface area contributed by atoms with Gasteiger partial charge in [0, 0.05) is 37.6 Å². The molecule has 156 valence electrons. The van der Waals surface area contributed by atoms with E-state index < -0.39 is 5.82 Å². The lowest BCUT2D eigenvalue weighted by atomic mass is 10.1. The van der Waals surface area contributed by atoms with Crippen molar-refractivity contribution in [3.05, 3.63) is 89.9 Å². The lowest BCUT2D eigenvalue weighted by Gasteiger charge is -2.15. The van der Waals surface area contributed by atoms with Crippen LogP contribution in [0.2, 0.25) is 0 Å². The van der Waals surface area contributed by atoms with E-state index in [4.69, 9.17) is 0 Å². The maximum absolute atomic E-state index is 13.9. The number of amides is 1. The van der Waals surface area contributed by atoms with E-state index in [2.05, 4.69) is 31.5 Å². The smallest absolute Gasteiger partial charge is 0.257 e. The van der Waals surface area contributed by atoms with Gasteiger partial charge in [-0.05, 0) is 48.9 Å². The molecule has 1 saturated heterocycles. The van der Waals surface area contributed by atoms with E-state index in [9.17, 15) is 9.18 Å². The second-order valence-corrected chi connectivity index (χ2v) is 7.72. The van der Waals surface area contributed by atoms with E-state index in [-0.39, 0.29) is 17.5 Å². The van der Waals surface area contributed by atoms with Crippen LogP contribution in [0.4, 0.5) is 10.1 Å². The Morgan fingerprint density at radius 3 is 2.87 bits per heavy atom. The van der Waals surface area contributed by atoms with Crippen LogP contribution in [0, 0.1) is 5.82 Å². The molecule has 1 aliphatic rings. The number of nitrogens with one attached hydrogen (secondary N) is 1. The Bertz CT molecular complexity index is 1230. The van der Waals surface area contributed by atoms with Crippen LogP contribution in [0.25, 0.3) is 5.65 Å². The van der Waals surface area contributed by atoms with Gasteiger partial charge in [0.15, 0.2) is 5.65 Å². The van der Waals surface area contributed by atoms with E-state index in [1.54, 1.807) is 36.7 Å². The number of rotatable bonds is 5. The van der Waals surface area contributed by atoms with Crippen molar-refractivity contribution in [1.29, 1.82) is 0 Å². The molecule has 1 aliphatic heterocycles. The van der Waals surface area contributed by atoms with E-state index in [0.717, 1.165) is 31.9 Å². The third-order valence-electron chi connectivity index (χ3n) is 5.58. The molecule has 1 atom stereocenters. The number of carbonyl (C=O) groups is 1. The van der Waals surface area contributed by atoms with Gasteiger partial charge in [-0.1, -0.05) is 18.2 Å². The van der Waals surface area contributed by atoms with Crippen molar-refractivity contribution in [2.24, 2.45) is 0 Å². The first-order chi connectivity index (χ1) is 15.2. The molecule has 31 heavy (non-hydrogen) atoms. The first-order valence-electron chi connectivity index (χ1n) is 10.2. The first kappa shape index (κ1) is 19.3. The molecule has 3 aromatic heterocycles. The second-order valence-electron chi connectivity index (χ2n) is 7.72. The van der Waals surface area contributed by atoms with Gasteiger partial charge in [-0.15, -0.1) is 10.2 Å². The highest BCUT2D eigenvalue weighted by molar-refractivity contribution is 6.04. The van der Waals surface area contributed by atoms with Crippen LogP contribution >= 0.6 is 0 Å². The third kappa shape index (κ3) is 4.02. The van der Waals surface area contributed by atoms with Crippen LogP contribution < -0.4 is 5.32 Å². The zero-order valence-electron chi connectivity index (χ0n) is 16.8. The maximum Gasteiger partial charge on any atom is 0.257 e. The summed E-state index contributed by atoms with van der Waals surface area (Å²) in [6.45, 7) is 2.67. The Labute approximate surface area is 178 Å². The molecule has 0 saturated carbocycles. The van der Waals surface area contributed by atoms with Gasteiger partial charge in [-0.3, -0.25) is 19.1 Å². The number of hydrogen-bond donors (Lipinski definition) is 1. The summed E-state index contributed by atoms with van der Waals surface area (Å²) in [7, 11) is 0. The van der Waals surface area contributed by atoms with Crippen LogP contribution in [0.1, 0.15) is 34.1 Å². The van der Waals surface area contributed by atoms with Gasteiger partial charge >= 0.3 is 0 Å². The molecule has 8 heteroatoms. The monoisotopic (exact) mass is 416 g/mol. The number of para-hydroxylation sites is 1. The summed E-state index contributed by atoms with van der Waals surface area (Å²) >= 11 is 0. The molecule has 1 aromatic carbocycles. The average molecular weight is 416 g/mol. The number of nitrogens with zero attached hydrogens (tertiary/aromatic N) is 5. The fourth-order valence-corrected chi connectivity index (χ4v) is 4.02. The summed E-state index contributed by atoms with van der Waals surface area (Å²) in [4.78, 5) is 19.2. The minimum absolute atomic E-state index is 0.151. The molecule has 1 unspecified atom stereocenters. The molecular weight excluding hydrogens is 395 g/mol. The molecule has 0 spiro atoms. The number of carbonyl (C=O) groups excluding carboxylic acids is 1. The number of benzene rings is 1. The predicted molar refractivity (Wildman–Crippen MR) is 114 cm³/mol. The number of fused-ring (bicyclic) bond motifs is 1. The highest BCUT2D eigenvalue weighted by Gasteiger charge is 2.28. The lowest BCUT2D eigenvalue weighted by Crippen LogP contribution is -2.20. The van der Waals surface area contributed by atoms with Crippen molar-refractivity contribution in [3.63, 3.8) is 0 Å². The molecule has 4 aromatic rings. The van der Waals surface area contributed by atoms with Gasteiger partial charge in [-0.25, -0.2) is 4.39 Å². The quantitative estimate of drug-likeness (QED) is 0.539. The summed E-state index contributed by atoms with van der Waals surface area (Å²) in [5.41, 5.74) is 2.44. The Morgan fingerprint density at radius 1 is 1.13 bits per heavy atom. The number of aromatic nitrogens is 4. The Morgan fingerprint density at radius 2 is 2.03 bits per heavy atom. The zero-order valence-corrected chi connectivity index (χ0v) is 16.8. The summed E-state index contributed by atoms with van der Waals surface area (Å²) in [6.07, 6.45) is 6.36. The number of likely N-dealkylation sites (tertiary alicyclic amines) is 1. The number of halogens is 1. The van der Waals surface area contributed by atoms with Crippen molar-refractivity contribution in [3.8, 4) is 0 Å². The topological polar surface area (TPSA) is 75.4 Å². The largest absolute Gasteiger partial charge is 0.319 e. The van der Waals surface area contributed by atoms with Gasteiger partial charge < -0.3 is 5.32 Å². The molecule has 0 bridgehead atoms. The van der Waals surface area contributed by atoms with Crippen LogP contribution in [-0.2, 0) is 6.54 Å². The first-order valence-corrected chi connectivity index (χ1v) is 10.2. The second kappa shape index (κ2) is 8.23. The maximum atomic E-state index is 13.9. The fraction of sp³-hybridized carbons (Fsp3) is 0.217. The number of pyridine rings is 2. The summed E-state index contributed by atoms with van der Waals surface area (Å²) in [6, 6.07) is 13.6. The van der Waals surface area contributed by atoms with Gasteiger partial charge in [-0.2, -0.15) is 0 Å². The lowest BCUT2D eigenvalue weighted by molar-refractivity contribution is 0.102. The molecule has 7 nitrogen and oxygen atoms in total. The molecule has 1 N–H and O–H groups in total. The predicted octanol–water partition coefficient (Wildman–Crippen LogP) is 3.51. The summed E-state index contributed by atoms with van der Waals surface area (Å²) in [5.74, 6) is 0.207. The van der Waals surface area contributed by atoms with Crippen molar-refractivity contribution < 1.29 is 9.18 Å². The highest BCUT2D eigenvalue weighted by atomic mass is 19.1. The average Bonchev–Trinajstić information content (AvgIpc) is 3.42. The Hall–Kier alpha value is -3.65. The number of hydrogen-bond acceptors (Lipinski definition) is 5. The van der Waals surface area contributed by atoms with E-state index in [1.165, 1.54) is 17.7 Å².